The van der Waals surface area contributed by atoms with Gasteiger partial charge in [-0.3, -0.25) is 4.68 Å². The maximum Gasteiger partial charge on any atom is 0.119 e. The lowest BCUT2D eigenvalue weighted by atomic mass is 10.1. The largest absolute Gasteiger partial charge is 0.493 e. The van der Waals surface area contributed by atoms with E-state index in [1.165, 1.54) is 11.1 Å². The van der Waals surface area contributed by atoms with E-state index in [9.17, 15) is 0 Å². The Bertz CT molecular complexity index is 569. The Kier molecular flexibility index (Phi) is 5.02. The highest BCUT2D eigenvalue weighted by molar-refractivity contribution is 5.28. The van der Waals surface area contributed by atoms with E-state index in [1.807, 2.05) is 36.3 Å². The molecule has 1 N–H and O–H groups in total. The fourth-order valence-corrected chi connectivity index (χ4v) is 2.00. The van der Waals surface area contributed by atoms with Gasteiger partial charge in [0.25, 0.3) is 0 Å². The lowest BCUT2D eigenvalue weighted by molar-refractivity contribution is 0.321. The minimum atomic E-state index is 0.122. The van der Waals surface area contributed by atoms with Crippen LogP contribution in [0.1, 0.15) is 31.9 Å². The molecule has 0 bridgehead atoms. The molecule has 2 rings (SSSR count). The Labute approximate surface area is 127 Å². The molecule has 0 atom stereocenters. The molecule has 2 aromatic rings. The van der Waals surface area contributed by atoms with Gasteiger partial charge in [-0.25, -0.2) is 0 Å². The van der Waals surface area contributed by atoms with E-state index in [4.69, 9.17) is 4.74 Å². The molecule has 0 radical (unpaired) electrons. The summed E-state index contributed by atoms with van der Waals surface area (Å²) < 4.78 is 7.64. The Hall–Kier alpha value is -1.81. The van der Waals surface area contributed by atoms with Gasteiger partial charge in [0, 0.05) is 31.7 Å². The first-order valence-corrected chi connectivity index (χ1v) is 7.37. The summed E-state index contributed by atoms with van der Waals surface area (Å²) >= 11 is 0. The maximum absolute atomic E-state index is 5.83. The number of nitrogens with one attached hydrogen (secondary N) is 1. The summed E-state index contributed by atoms with van der Waals surface area (Å²) in [5.74, 6) is 0.923. The molecule has 0 aliphatic carbocycles. The second-order valence-corrected chi connectivity index (χ2v) is 6.37. The zero-order valence-electron chi connectivity index (χ0n) is 13.4. The number of benzene rings is 1. The molecule has 1 heterocycles. The highest BCUT2D eigenvalue weighted by atomic mass is 16.5. The molecule has 21 heavy (non-hydrogen) atoms. The second-order valence-electron chi connectivity index (χ2n) is 6.37. The molecule has 4 nitrogen and oxygen atoms in total. The van der Waals surface area contributed by atoms with Crippen molar-refractivity contribution in [2.45, 2.75) is 39.3 Å². The first-order valence-electron chi connectivity index (χ1n) is 7.37. The molecule has 0 aliphatic heterocycles. The van der Waals surface area contributed by atoms with Crippen LogP contribution in [-0.4, -0.2) is 21.9 Å². The zero-order valence-corrected chi connectivity index (χ0v) is 13.4. The summed E-state index contributed by atoms with van der Waals surface area (Å²) in [6.07, 6.45) is 4.78. The predicted octanol–water partition coefficient (Wildman–Crippen LogP) is 2.93. The molecule has 0 unspecified atom stereocenters. The molecule has 0 spiro atoms. The SMILES string of the molecule is Cn1cc(CCOc2cccc(CNC(C)(C)C)c2)cn1. The van der Waals surface area contributed by atoms with E-state index in [2.05, 4.69) is 43.3 Å². The van der Waals surface area contributed by atoms with Crippen molar-refractivity contribution in [3.05, 3.63) is 47.8 Å². The summed E-state index contributed by atoms with van der Waals surface area (Å²) in [6.45, 7) is 8.02. The Morgan fingerprint density at radius 1 is 1.24 bits per heavy atom. The molecule has 0 amide bonds. The van der Waals surface area contributed by atoms with Crippen molar-refractivity contribution in [3.63, 3.8) is 0 Å². The van der Waals surface area contributed by atoms with Crippen LogP contribution in [0.25, 0.3) is 0 Å². The standard InChI is InChI=1S/C17H25N3O/c1-17(2,3)18-11-14-6-5-7-16(10-14)21-9-8-15-12-19-20(4)13-15/h5-7,10,12-13,18H,8-9,11H2,1-4H3. The number of aryl methyl sites for hydroxylation is 1. The van der Waals surface area contributed by atoms with Crippen molar-refractivity contribution in [3.8, 4) is 5.75 Å². The molecule has 1 aromatic carbocycles. The van der Waals surface area contributed by atoms with Crippen LogP contribution in [0.2, 0.25) is 0 Å². The fraction of sp³-hybridized carbons (Fsp3) is 0.471. The Morgan fingerprint density at radius 3 is 2.71 bits per heavy atom. The molecule has 0 fully saturated rings. The number of hydrogen-bond acceptors (Lipinski definition) is 3. The molecule has 1 aromatic heterocycles. The molecule has 4 heteroatoms. The third kappa shape index (κ3) is 5.60. The van der Waals surface area contributed by atoms with Gasteiger partial charge in [-0.2, -0.15) is 5.10 Å². The summed E-state index contributed by atoms with van der Waals surface area (Å²) in [5.41, 5.74) is 2.56. The smallest absolute Gasteiger partial charge is 0.119 e. The summed E-state index contributed by atoms with van der Waals surface area (Å²) in [5, 5.41) is 7.64. The van der Waals surface area contributed by atoms with Crippen molar-refractivity contribution in [1.29, 1.82) is 0 Å². The lowest BCUT2D eigenvalue weighted by Crippen LogP contribution is -2.35. The third-order valence-corrected chi connectivity index (χ3v) is 3.14. The van der Waals surface area contributed by atoms with Gasteiger partial charge in [0.15, 0.2) is 0 Å². The molecule has 0 aliphatic rings. The van der Waals surface area contributed by atoms with Crippen LogP contribution < -0.4 is 10.1 Å². The van der Waals surface area contributed by atoms with Crippen LogP contribution in [0.4, 0.5) is 0 Å². The van der Waals surface area contributed by atoms with Crippen LogP contribution in [0, 0.1) is 0 Å². The normalized spacial score (nSPS) is 11.6. The minimum absolute atomic E-state index is 0.122. The van der Waals surface area contributed by atoms with Crippen molar-refractivity contribution in [2.24, 2.45) is 7.05 Å². The lowest BCUT2D eigenvalue weighted by Gasteiger charge is -2.20. The fourth-order valence-electron chi connectivity index (χ4n) is 2.00. The third-order valence-electron chi connectivity index (χ3n) is 3.14. The average molecular weight is 287 g/mol. The average Bonchev–Trinajstić information content (AvgIpc) is 2.82. The monoisotopic (exact) mass is 287 g/mol. The quantitative estimate of drug-likeness (QED) is 0.888. The van der Waals surface area contributed by atoms with Crippen molar-refractivity contribution >= 4 is 0 Å². The predicted molar refractivity (Wildman–Crippen MR) is 85.4 cm³/mol. The van der Waals surface area contributed by atoms with Gasteiger partial charge in [0.2, 0.25) is 0 Å². The number of aromatic nitrogens is 2. The van der Waals surface area contributed by atoms with E-state index in [-0.39, 0.29) is 5.54 Å². The second kappa shape index (κ2) is 6.76. The molecule has 114 valence electrons. The highest BCUT2D eigenvalue weighted by Crippen LogP contribution is 2.14. The first kappa shape index (κ1) is 15.6. The zero-order chi connectivity index (χ0) is 15.3. The van der Waals surface area contributed by atoms with Crippen molar-refractivity contribution in [2.75, 3.05) is 6.61 Å². The van der Waals surface area contributed by atoms with Gasteiger partial charge in [-0.05, 0) is 44.0 Å². The Morgan fingerprint density at radius 2 is 2.05 bits per heavy atom. The summed E-state index contributed by atoms with van der Waals surface area (Å²) in [4.78, 5) is 0. The van der Waals surface area contributed by atoms with Crippen LogP contribution >= 0.6 is 0 Å². The van der Waals surface area contributed by atoms with Crippen LogP contribution in [0.3, 0.4) is 0 Å². The van der Waals surface area contributed by atoms with Gasteiger partial charge >= 0.3 is 0 Å². The van der Waals surface area contributed by atoms with E-state index >= 15 is 0 Å². The molecule has 0 saturated heterocycles. The van der Waals surface area contributed by atoms with Gasteiger partial charge in [-0.1, -0.05) is 12.1 Å². The van der Waals surface area contributed by atoms with Crippen LogP contribution in [0.5, 0.6) is 5.75 Å². The van der Waals surface area contributed by atoms with Crippen LogP contribution in [0.15, 0.2) is 36.7 Å². The summed E-state index contributed by atoms with van der Waals surface area (Å²) in [6, 6.07) is 8.26. The molecule has 0 saturated carbocycles. The number of rotatable bonds is 6. The Balaban J connectivity index is 1.83. The van der Waals surface area contributed by atoms with E-state index in [0.717, 1.165) is 18.7 Å². The number of nitrogens with zero attached hydrogens (tertiary/aromatic N) is 2. The maximum atomic E-state index is 5.83. The topological polar surface area (TPSA) is 39.1 Å². The van der Waals surface area contributed by atoms with Crippen LogP contribution in [-0.2, 0) is 20.0 Å². The van der Waals surface area contributed by atoms with E-state index < -0.39 is 0 Å². The van der Waals surface area contributed by atoms with Gasteiger partial charge < -0.3 is 10.1 Å². The molecular weight excluding hydrogens is 262 g/mol. The minimum Gasteiger partial charge on any atom is -0.493 e. The number of ether oxygens (including phenoxy) is 1. The van der Waals surface area contributed by atoms with E-state index in [0.29, 0.717) is 6.61 Å². The van der Waals surface area contributed by atoms with Gasteiger partial charge in [0.1, 0.15) is 5.75 Å². The molecular formula is C17H25N3O. The van der Waals surface area contributed by atoms with Crippen molar-refractivity contribution < 1.29 is 4.74 Å². The highest BCUT2D eigenvalue weighted by Gasteiger charge is 2.08. The number of hydrogen-bond donors (Lipinski definition) is 1. The van der Waals surface area contributed by atoms with Gasteiger partial charge in [0.05, 0.1) is 12.8 Å². The van der Waals surface area contributed by atoms with Gasteiger partial charge in [-0.15, -0.1) is 0 Å². The first-order chi connectivity index (χ1) is 9.92. The van der Waals surface area contributed by atoms with E-state index in [1.54, 1.807) is 0 Å². The van der Waals surface area contributed by atoms with Crippen molar-refractivity contribution in [1.82, 2.24) is 15.1 Å². The summed E-state index contributed by atoms with van der Waals surface area (Å²) in [7, 11) is 1.93.